The van der Waals surface area contributed by atoms with Crippen LogP contribution in [0.25, 0.3) is 0 Å². The van der Waals surface area contributed by atoms with Crippen LogP contribution in [0, 0.1) is 12.8 Å². The van der Waals surface area contributed by atoms with Gasteiger partial charge >= 0.3 is 0 Å². The molecule has 0 spiro atoms. The van der Waals surface area contributed by atoms with E-state index in [2.05, 4.69) is 27.4 Å². The average Bonchev–Trinajstić information content (AvgIpc) is 3.20. The molecule has 34 heavy (non-hydrogen) atoms. The van der Waals surface area contributed by atoms with Gasteiger partial charge in [-0.3, -0.25) is 9.59 Å². The molecule has 0 bridgehead atoms. The predicted octanol–water partition coefficient (Wildman–Crippen LogP) is 5.28. The van der Waals surface area contributed by atoms with Crippen LogP contribution < -0.4 is 10.6 Å². The maximum absolute atomic E-state index is 12.9. The predicted molar refractivity (Wildman–Crippen MR) is 137 cm³/mol. The van der Waals surface area contributed by atoms with Gasteiger partial charge in [0.2, 0.25) is 5.91 Å². The summed E-state index contributed by atoms with van der Waals surface area (Å²) < 4.78 is 1.87. The zero-order valence-electron chi connectivity index (χ0n) is 19.4. The highest BCUT2D eigenvalue weighted by Crippen LogP contribution is 2.26. The number of benzene rings is 2. The van der Waals surface area contributed by atoms with Crippen LogP contribution in [-0.2, 0) is 11.3 Å². The Morgan fingerprint density at radius 1 is 1.15 bits per heavy atom. The average molecular weight is 498 g/mol. The second kappa shape index (κ2) is 11.9. The van der Waals surface area contributed by atoms with Gasteiger partial charge in [-0.15, -0.1) is 16.8 Å². The quantitative estimate of drug-likeness (QED) is 0.293. The van der Waals surface area contributed by atoms with Crippen molar-refractivity contribution in [2.45, 2.75) is 38.5 Å². The highest BCUT2D eigenvalue weighted by Gasteiger charge is 2.27. The Kier molecular flexibility index (Phi) is 8.90. The Bertz CT molecular complexity index is 1160. The van der Waals surface area contributed by atoms with Crippen molar-refractivity contribution in [3.05, 3.63) is 83.2 Å². The highest BCUT2D eigenvalue weighted by molar-refractivity contribution is 7.99. The molecule has 3 aromatic rings. The van der Waals surface area contributed by atoms with Gasteiger partial charge in [0.15, 0.2) is 11.0 Å². The maximum atomic E-state index is 12.9. The number of aryl methyl sites for hydroxylation is 1. The number of amides is 2. The number of carbonyl (C=O) groups is 2. The second-order valence-electron chi connectivity index (χ2n) is 8.12. The maximum Gasteiger partial charge on any atom is 0.253 e. The van der Waals surface area contributed by atoms with E-state index in [9.17, 15) is 9.59 Å². The molecule has 2 N–H and O–H groups in total. The molecule has 0 fully saturated rings. The van der Waals surface area contributed by atoms with Gasteiger partial charge in [0.25, 0.3) is 5.91 Å². The first-order chi connectivity index (χ1) is 16.3. The van der Waals surface area contributed by atoms with E-state index >= 15 is 0 Å². The highest BCUT2D eigenvalue weighted by atomic mass is 35.5. The largest absolute Gasteiger partial charge is 0.342 e. The van der Waals surface area contributed by atoms with Crippen LogP contribution in [0.1, 0.15) is 41.6 Å². The Hall–Kier alpha value is -3.10. The van der Waals surface area contributed by atoms with Crippen molar-refractivity contribution in [3.8, 4) is 0 Å². The van der Waals surface area contributed by atoms with E-state index in [1.54, 1.807) is 30.3 Å². The van der Waals surface area contributed by atoms with Gasteiger partial charge in [-0.2, -0.15) is 0 Å². The normalized spacial score (nSPS) is 11.8. The zero-order chi connectivity index (χ0) is 24.7. The summed E-state index contributed by atoms with van der Waals surface area (Å²) in [5, 5.41) is 15.5. The molecule has 1 heterocycles. The van der Waals surface area contributed by atoms with E-state index < -0.39 is 6.04 Å². The third-order valence-electron chi connectivity index (χ3n) is 5.07. The minimum Gasteiger partial charge on any atom is -0.342 e. The number of nitrogens with zero attached hydrogens (tertiary/aromatic N) is 3. The molecule has 2 amide bonds. The van der Waals surface area contributed by atoms with Crippen molar-refractivity contribution < 1.29 is 9.59 Å². The van der Waals surface area contributed by atoms with Gasteiger partial charge in [0.05, 0.1) is 22.4 Å². The fourth-order valence-corrected chi connectivity index (χ4v) is 4.27. The van der Waals surface area contributed by atoms with Crippen molar-refractivity contribution in [1.82, 2.24) is 20.1 Å². The lowest BCUT2D eigenvalue weighted by atomic mass is 10.0. The Labute approximate surface area is 209 Å². The van der Waals surface area contributed by atoms with Gasteiger partial charge in [-0.25, -0.2) is 0 Å². The Morgan fingerprint density at radius 2 is 1.85 bits per heavy atom. The van der Waals surface area contributed by atoms with E-state index in [4.69, 9.17) is 11.6 Å². The minimum absolute atomic E-state index is 0.0295. The number of rotatable bonds is 10. The fourth-order valence-electron chi connectivity index (χ4n) is 3.30. The number of hydrogen-bond acceptors (Lipinski definition) is 5. The van der Waals surface area contributed by atoms with Gasteiger partial charge in [-0.1, -0.05) is 73.1 Å². The summed E-state index contributed by atoms with van der Waals surface area (Å²) in [4.78, 5) is 25.4. The fraction of sp³-hybridized carbons (Fsp3) is 0.280. The van der Waals surface area contributed by atoms with Gasteiger partial charge in [0.1, 0.15) is 0 Å². The Morgan fingerprint density at radius 3 is 2.50 bits per heavy atom. The first-order valence-corrected chi connectivity index (χ1v) is 12.2. The summed E-state index contributed by atoms with van der Waals surface area (Å²) in [6.45, 7) is 10.2. The van der Waals surface area contributed by atoms with E-state index in [1.807, 2.05) is 49.6 Å². The number of anilines is 1. The summed E-state index contributed by atoms with van der Waals surface area (Å²) >= 11 is 7.48. The molecule has 7 nitrogen and oxygen atoms in total. The molecule has 2 aromatic carbocycles. The van der Waals surface area contributed by atoms with Crippen molar-refractivity contribution in [1.29, 1.82) is 0 Å². The molecule has 0 aliphatic carbocycles. The smallest absolute Gasteiger partial charge is 0.253 e. The van der Waals surface area contributed by atoms with Gasteiger partial charge in [-0.05, 0) is 37.1 Å². The van der Waals surface area contributed by atoms with Crippen molar-refractivity contribution >= 4 is 40.9 Å². The zero-order valence-corrected chi connectivity index (χ0v) is 21.0. The monoisotopic (exact) mass is 497 g/mol. The number of allylic oxidation sites excluding steroid dienone is 1. The standard InChI is InChI=1S/C25H28ClN5O2S/c1-5-14-31-23(22(16(2)3)28-24(33)19-8-6-7-9-20(19)26)29-30-25(31)34-15-21(32)27-18-12-10-17(4)11-13-18/h5-13,16,22H,1,14-15H2,2-4H3,(H,27,32)(H,28,33). The van der Waals surface area contributed by atoms with Crippen LogP contribution in [0.4, 0.5) is 5.69 Å². The molecule has 0 saturated heterocycles. The molecular weight excluding hydrogens is 470 g/mol. The summed E-state index contributed by atoms with van der Waals surface area (Å²) in [7, 11) is 0. The van der Waals surface area contributed by atoms with Crippen LogP contribution >= 0.6 is 23.4 Å². The molecule has 0 saturated carbocycles. The molecular formula is C25H28ClN5O2S. The molecule has 0 aliphatic rings. The molecule has 1 atom stereocenters. The SMILES string of the molecule is C=CCn1c(SCC(=O)Nc2ccc(C)cc2)nnc1C(NC(=O)c1ccccc1Cl)C(C)C. The summed E-state index contributed by atoms with van der Waals surface area (Å²) in [6, 6.07) is 14.1. The lowest BCUT2D eigenvalue weighted by Gasteiger charge is -2.23. The molecule has 1 unspecified atom stereocenters. The number of hydrogen-bond donors (Lipinski definition) is 2. The lowest BCUT2D eigenvalue weighted by molar-refractivity contribution is -0.113. The summed E-state index contributed by atoms with van der Waals surface area (Å²) in [6.07, 6.45) is 1.73. The minimum atomic E-state index is -0.410. The Balaban J connectivity index is 1.75. The van der Waals surface area contributed by atoms with Crippen molar-refractivity contribution in [3.63, 3.8) is 0 Å². The number of thioether (sulfide) groups is 1. The molecule has 0 radical (unpaired) electrons. The topological polar surface area (TPSA) is 88.9 Å². The second-order valence-corrected chi connectivity index (χ2v) is 9.47. The first-order valence-electron chi connectivity index (χ1n) is 10.9. The molecule has 178 valence electrons. The van der Waals surface area contributed by atoms with E-state index in [0.717, 1.165) is 11.3 Å². The van der Waals surface area contributed by atoms with Gasteiger partial charge in [0, 0.05) is 12.2 Å². The van der Waals surface area contributed by atoms with E-state index in [-0.39, 0.29) is 23.5 Å². The van der Waals surface area contributed by atoms with E-state index in [0.29, 0.717) is 28.1 Å². The summed E-state index contributed by atoms with van der Waals surface area (Å²) in [5.41, 5.74) is 2.26. The van der Waals surface area contributed by atoms with Crippen LogP contribution in [0.3, 0.4) is 0 Å². The molecule has 3 rings (SSSR count). The molecule has 1 aromatic heterocycles. The first kappa shape index (κ1) is 25.5. The molecule has 0 aliphatic heterocycles. The van der Waals surface area contributed by atoms with Crippen molar-refractivity contribution in [2.24, 2.45) is 5.92 Å². The van der Waals surface area contributed by atoms with Crippen LogP contribution in [-0.4, -0.2) is 32.3 Å². The molecule has 9 heteroatoms. The third kappa shape index (κ3) is 6.48. The number of carbonyl (C=O) groups excluding carboxylic acids is 2. The lowest BCUT2D eigenvalue weighted by Crippen LogP contribution is -2.34. The number of aromatic nitrogens is 3. The van der Waals surface area contributed by atoms with Crippen LogP contribution in [0.5, 0.6) is 0 Å². The number of halogens is 1. The van der Waals surface area contributed by atoms with Crippen molar-refractivity contribution in [2.75, 3.05) is 11.1 Å². The third-order valence-corrected chi connectivity index (χ3v) is 6.37. The van der Waals surface area contributed by atoms with Gasteiger partial charge < -0.3 is 15.2 Å². The summed E-state index contributed by atoms with van der Waals surface area (Å²) in [5.74, 6) is 0.361. The van der Waals surface area contributed by atoms with Crippen LogP contribution in [0.15, 0.2) is 66.3 Å². The number of nitrogens with one attached hydrogen (secondary N) is 2. The van der Waals surface area contributed by atoms with Crippen LogP contribution in [0.2, 0.25) is 5.02 Å². The van der Waals surface area contributed by atoms with E-state index in [1.165, 1.54) is 11.8 Å².